The first-order valence-corrected chi connectivity index (χ1v) is 15.1. The highest BCUT2D eigenvalue weighted by molar-refractivity contribution is 5.93. The van der Waals surface area contributed by atoms with E-state index in [1.165, 1.54) is 0 Å². The van der Waals surface area contributed by atoms with Crippen molar-refractivity contribution in [3.05, 3.63) is 71.2 Å². The van der Waals surface area contributed by atoms with Gasteiger partial charge in [-0.3, -0.25) is 13.9 Å². The second kappa shape index (κ2) is 12.6. The second-order valence-electron chi connectivity index (χ2n) is 12.2. The van der Waals surface area contributed by atoms with Gasteiger partial charge in [-0.15, -0.1) is 0 Å². The van der Waals surface area contributed by atoms with Gasteiger partial charge in [0.2, 0.25) is 5.91 Å². The minimum atomic E-state index is -0.547. The van der Waals surface area contributed by atoms with Crippen molar-refractivity contribution in [2.24, 2.45) is 0 Å². The number of carbonyl (C=O) groups excluding carboxylic acids is 2. The number of para-hydroxylation sites is 3. The molecule has 0 spiro atoms. The zero-order valence-corrected chi connectivity index (χ0v) is 25.3. The molecule has 42 heavy (non-hydrogen) atoms. The van der Waals surface area contributed by atoms with E-state index in [9.17, 15) is 14.4 Å². The lowest BCUT2D eigenvalue weighted by Gasteiger charge is -2.38. The Morgan fingerprint density at radius 2 is 1.60 bits per heavy atom. The number of likely N-dealkylation sites (tertiary alicyclic amines) is 1. The van der Waals surface area contributed by atoms with E-state index in [0.29, 0.717) is 32.5 Å². The van der Waals surface area contributed by atoms with Gasteiger partial charge >= 0.3 is 11.8 Å². The molecule has 2 amide bonds. The number of amides is 2. The number of hydrogen-bond acceptors (Lipinski definition) is 5. The van der Waals surface area contributed by atoms with Crippen molar-refractivity contribution in [2.75, 3.05) is 37.6 Å². The number of aromatic nitrogens is 2. The molecular formula is C33H43N5O4. The third kappa shape index (κ3) is 6.46. The largest absolute Gasteiger partial charge is 0.444 e. The van der Waals surface area contributed by atoms with Crippen molar-refractivity contribution in [3.8, 4) is 0 Å². The Balaban J connectivity index is 1.26. The summed E-state index contributed by atoms with van der Waals surface area (Å²) in [5.74, 6) is 0.158. The Hall–Kier alpha value is -3.85. The van der Waals surface area contributed by atoms with Crippen LogP contribution in [0.15, 0.2) is 65.5 Å². The van der Waals surface area contributed by atoms with Crippen LogP contribution in [0.1, 0.15) is 53.4 Å². The molecule has 0 unspecified atom stereocenters. The summed E-state index contributed by atoms with van der Waals surface area (Å²) < 4.78 is 9.21. The molecule has 5 rings (SSSR count). The molecule has 0 radical (unpaired) electrons. The molecule has 1 saturated heterocycles. The summed E-state index contributed by atoms with van der Waals surface area (Å²) in [4.78, 5) is 45.2. The van der Waals surface area contributed by atoms with Crippen molar-refractivity contribution in [3.63, 3.8) is 0 Å². The Morgan fingerprint density at radius 1 is 0.929 bits per heavy atom. The summed E-state index contributed by atoms with van der Waals surface area (Å²) in [6.07, 6.45) is 4.50. The Labute approximate surface area is 247 Å². The lowest BCUT2D eigenvalue weighted by Crippen LogP contribution is -2.48. The summed E-state index contributed by atoms with van der Waals surface area (Å²) in [5.41, 5.74) is 3.08. The fourth-order valence-electron chi connectivity index (χ4n) is 6.02. The fourth-order valence-corrected chi connectivity index (χ4v) is 6.02. The third-order valence-electron chi connectivity index (χ3n) is 8.13. The van der Waals surface area contributed by atoms with Crippen molar-refractivity contribution < 1.29 is 14.3 Å². The van der Waals surface area contributed by atoms with E-state index in [4.69, 9.17) is 4.74 Å². The van der Waals surface area contributed by atoms with Crippen molar-refractivity contribution in [2.45, 2.75) is 71.6 Å². The van der Waals surface area contributed by atoms with Gasteiger partial charge in [0, 0.05) is 69.5 Å². The molecule has 0 aliphatic carbocycles. The molecule has 2 aliphatic rings. The number of anilines is 1. The highest BCUT2D eigenvalue weighted by atomic mass is 16.6. The van der Waals surface area contributed by atoms with Crippen LogP contribution in [0.25, 0.3) is 16.7 Å². The molecule has 9 nitrogen and oxygen atoms in total. The van der Waals surface area contributed by atoms with E-state index in [1.54, 1.807) is 4.90 Å². The maximum atomic E-state index is 13.8. The molecule has 1 fully saturated rings. The van der Waals surface area contributed by atoms with Crippen molar-refractivity contribution >= 4 is 34.4 Å². The summed E-state index contributed by atoms with van der Waals surface area (Å²) in [6, 6.07) is 18.1. The van der Waals surface area contributed by atoms with Gasteiger partial charge in [0.25, 0.3) is 0 Å². The number of rotatable bonds is 7. The molecule has 0 N–H and O–H groups in total. The third-order valence-corrected chi connectivity index (χ3v) is 8.13. The number of benzene rings is 2. The highest BCUT2D eigenvalue weighted by Crippen LogP contribution is 2.26. The van der Waals surface area contributed by atoms with E-state index in [0.717, 1.165) is 54.9 Å². The lowest BCUT2D eigenvalue weighted by molar-refractivity contribution is -0.119. The topological polar surface area (TPSA) is 80.0 Å². The Morgan fingerprint density at radius 3 is 2.21 bits per heavy atom. The summed E-state index contributed by atoms with van der Waals surface area (Å²) in [7, 11) is 0. The first-order chi connectivity index (χ1) is 20.2. The van der Waals surface area contributed by atoms with Crippen LogP contribution in [0.5, 0.6) is 0 Å². The fraction of sp³-hybridized carbons (Fsp3) is 0.485. The van der Waals surface area contributed by atoms with E-state index in [2.05, 4.69) is 4.90 Å². The number of hydrogen-bond donors (Lipinski definition) is 0. The van der Waals surface area contributed by atoms with Gasteiger partial charge in [0.05, 0.1) is 11.0 Å². The van der Waals surface area contributed by atoms with Crippen molar-refractivity contribution in [1.29, 1.82) is 0 Å². The molecular weight excluding hydrogens is 530 g/mol. The minimum Gasteiger partial charge on any atom is -0.444 e. The smallest absolute Gasteiger partial charge is 0.410 e. The van der Waals surface area contributed by atoms with Gasteiger partial charge in [0.1, 0.15) is 5.60 Å². The Bertz CT molecular complexity index is 1490. The van der Waals surface area contributed by atoms with Gasteiger partial charge in [-0.05, 0) is 64.0 Å². The molecule has 0 atom stereocenters. The first-order valence-electron chi connectivity index (χ1n) is 15.1. The zero-order chi connectivity index (χ0) is 29.9. The lowest BCUT2D eigenvalue weighted by atomic mass is 10.0. The van der Waals surface area contributed by atoms with E-state index >= 15 is 0 Å². The molecule has 0 saturated carbocycles. The number of imidazole rings is 1. The quantitative estimate of drug-likeness (QED) is 0.389. The van der Waals surface area contributed by atoms with Crippen LogP contribution < -0.4 is 10.6 Å². The van der Waals surface area contributed by atoms with Crippen LogP contribution in [0.4, 0.5) is 10.5 Å². The van der Waals surface area contributed by atoms with Gasteiger partial charge < -0.3 is 19.4 Å². The standard InChI is InChI=1S/C33H43N5O4/c1-5-30(39)37(25-11-7-6-8-12-25)26-15-19-34(20-16-26)23-24-36-28-13-9-10-14-29(28)38(31(36)40)27-17-21-35(22-18-27)32(41)42-33(2,3)4/h6-14,17,26H,5,15-16,18-24H2,1-4H3. The summed E-state index contributed by atoms with van der Waals surface area (Å²) >= 11 is 0. The van der Waals surface area contributed by atoms with Gasteiger partial charge in [-0.1, -0.05) is 37.3 Å². The molecule has 3 heterocycles. The maximum Gasteiger partial charge on any atom is 0.410 e. The highest BCUT2D eigenvalue weighted by Gasteiger charge is 2.29. The number of carbonyl (C=O) groups is 2. The average molecular weight is 574 g/mol. The summed E-state index contributed by atoms with van der Waals surface area (Å²) in [5, 5.41) is 0. The van der Waals surface area contributed by atoms with Crippen LogP contribution in [0, 0.1) is 0 Å². The average Bonchev–Trinajstić information content (AvgIpc) is 3.27. The molecule has 3 aromatic rings. The van der Waals surface area contributed by atoms with Crippen molar-refractivity contribution in [1.82, 2.24) is 18.9 Å². The van der Waals surface area contributed by atoms with E-state index in [1.807, 2.05) is 102 Å². The molecule has 2 aromatic carbocycles. The molecule has 0 bridgehead atoms. The predicted molar refractivity (Wildman–Crippen MR) is 167 cm³/mol. The monoisotopic (exact) mass is 573 g/mol. The minimum absolute atomic E-state index is 0.0492. The molecule has 9 heteroatoms. The van der Waals surface area contributed by atoms with Crippen LogP contribution in [0.2, 0.25) is 0 Å². The summed E-state index contributed by atoms with van der Waals surface area (Å²) in [6.45, 7) is 11.5. The normalized spacial score (nSPS) is 16.9. The molecule has 224 valence electrons. The van der Waals surface area contributed by atoms with Crippen LogP contribution >= 0.6 is 0 Å². The zero-order valence-electron chi connectivity index (χ0n) is 25.3. The van der Waals surface area contributed by atoms with Crippen LogP contribution in [0.3, 0.4) is 0 Å². The second-order valence-corrected chi connectivity index (χ2v) is 12.2. The van der Waals surface area contributed by atoms with Gasteiger partial charge in [0.15, 0.2) is 0 Å². The van der Waals surface area contributed by atoms with Gasteiger partial charge in [-0.25, -0.2) is 9.59 Å². The SMILES string of the molecule is CCC(=O)N(c1ccccc1)C1CCN(CCn2c(=O)n(C3=CCN(C(=O)OC(C)(C)C)CC3)c3ccccc32)CC1. The van der Waals surface area contributed by atoms with Crippen LogP contribution in [-0.2, 0) is 16.1 Å². The number of fused-ring (bicyclic) bond motifs is 1. The number of piperidine rings is 1. The molecule has 2 aliphatic heterocycles. The number of ether oxygens (including phenoxy) is 1. The molecule has 1 aromatic heterocycles. The Kier molecular flexibility index (Phi) is 8.87. The van der Waals surface area contributed by atoms with Crippen LogP contribution in [-0.4, -0.2) is 75.3 Å². The maximum absolute atomic E-state index is 13.8. The number of nitrogens with zero attached hydrogens (tertiary/aromatic N) is 5. The van der Waals surface area contributed by atoms with E-state index < -0.39 is 5.60 Å². The first kappa shape index (κ1) is 29.6. The van der Waals surface area contributed by atoms with Gasteiger partial charge in [-0.2, -0.15) is 0 Å². The predicted octanol–water partition coefficient (Wildman–Crippen LogP) is 5.19. The van der Waals surface area contributed by atoms with E-state index in [-0.39, 0.29) is 23.7 Å².